The summed E-state index contributed by atoms with van der Waals surface area (Å²) in [5, 5.41) is 21.2. The van der Waals surface area contributed by atoms with E-state index in [1.807, 2.05) is 13.0 Å². The summed E-state index contributed by atoms with van der Waals surface area (Å²) in [6.45, 7) is 1.89. The molecule has 1 atom stereocenters. The molecule has 1 unspecified atom stereocenters. The van der Waals surface area contributed by atoms with Crippen molar-refractivity contribution in [1.29, 1.82) is 0 Å². The van der Waals surface area contributed by atoms with E-state index in [-0.39, 0.29) is 23.2 Å². The minimum atomic E-state index is -0.0434. The van der Waals surface area contributed by atoms with Gasteiger partial charge in [0.25, 0.3) is 0 Å². The van der Waals surface area contributed by atoms with E-state index < -0.39 is 0 Å². The highest BCUT2D eigenvalue weighted by Gasteiger charge is 2.28. The molecule has 0 amide bonds. The summed E-state index contributed by atoms with van der Waals surface area (Å²) in [5.74, 6) is 0.101. The van der Waals surface area contributed by atoms with Crippen molar-refractivity contribution >= 4 is 16.6 Å². The summed E-state index contributed by atoms with van der Waals surface area (Å²) in [7, 11) is 0. The molecule has 1 aliphatic carbocycles. The fraction of sp³-hybridized carbons (Fsp3) is 0.267. The quantitative estimate of drug-likeness (QED) is 0.746. The van der Waals surface area contributed by atoms with Gasteiger partial charge in [0.15, 0.2) is 5.78 Å². The van der Waals surface area contributed by atoms with E-state index in [4.69, 9.17) is 0 Å². The van der Waals surface area contributed by atoms with Crippen LogP contribution in [-0.4, -0.2) is 16.0 Å². The first-order valence-corrected chi connectivity index (χ1v) is 6.10. The largest absolute Gasteiger partial charge is 0.507 e. The maximum Gasteiger partial charge on any atom is 0.169 e. The fourth-order valence-electron chi connectivity index (χ4n) is 2.67. The average Bonchev–Trinajstić information content (AvgIpc) is 2.35. The first-order valence-electron chi connectivity index (χ1n) is 6.10. The number of hydrogen-bond donors (Lipinski definition) is 2. The minimum Gasteiger partial charge on any atom is -0.507 e. The smallest absolute Gasteiger partial charge is 0.169 e. The van der Waals surface area contributed by atoms with Gasteiger partial charge in [0.2, 0.25) is 0 Å². The van der Waals surface area contributed by atoms with Gasteiger partial charge in [-0.2, -0.15) is 0 Å². The zero-order valence-corrected chi connectivity index (χ0v) is 10.1. The Bertz CT molecular complexity index is 658. The first kappa shape index (κ1) is 11.1. The van der Waals surface area contributed by atoms with Crippen LogP contribution in [0.5, 0.6) is 11.5 Å². The zero-order valence-electron chi connectivity index (χ0n) is 10.1. The molecule has 92 valence electrons. The maximum atomic E-state index is 12.1. The third-order valence-corrected chi connectivity index (χ3v) is 3.76. The summed E-state index contributed by atoms with van der Waals surface area (Å²) < 4.78 is 0. The molecule has 0 aromatic heterocycles. The van der Waals surface area contributed by atoms with Crippen molar-refractivity contribution in [1.82, 2.24) is 0 Å². The van der Waals surface area contributed by atoms with Crippen molar-refractivity contribution in [3.05, 3.63) is 35.4 Å². The van der Waals surface area contributed by atoms with Crippen LogP contribution in [0.3, 0.4) is 0 Å². The summed E-state index contributed by atoms with van der Waals surface area (Å²) in [6, 6.07) is 6.79. The molecular formula is C15H14O3. The Balaban J connectivity index is 2.39. The SMILES string of the molecule is CC1CCc2cc3c(O)cccc3c(O)c2C1=O. The lowest BCUT2D eigenvalue weighted by Crippen LogP contribution is -2.20. The molecule has 3 heteroatoms. The molecule has 3 nitrogen and oxygen atoms in total. The highest BCUT2D eigenvalue weighted by atomic mass is 16.3. The molecule has 2 aromatic rings. The van der Waals surface area contributed by atoms with Crippen LogP contribution >= 0.6 is 0 Å². The van der Waals surface area contributed by atoms with Crippen LogP contribution in [0, 0.1) is 5.92 Å². The predicted molar refractivity (Wildman–Crippen MR) is 69.1 cm³/mol. The molecule has 2 N–H and O–H groups in total. The Kier molecular flexibility index (Phi) is 2.30. The standard InChI is InChI=1S/C15H14O3/c1-8-5-6-9-7-11-10(3-2-4-12(11)16)15(18)13(9)14(8)17/h2-4,7-8,16,18H,5-6H2,1H3. The molecule has 18 heavy (non-hydrogen) atoms. The normalized spacial score (nSPS) is 18.9. The van der Waals surface area contributed by atoms with Gasteiger partial charge in [-0.15, -0.1) is 0 Å². The van der Waals surface area contributed by atoms with Crippen LogP contribution in [0.1, 0.15) is 29.3 Å². The van der Waals surface area contributed by atoms with Crippen LogP contribution in [0.4, 0.5) is 0 Å². The van der Waals surface area contributed by atoms with Gasteiger partial charge in [-0.3, -0.25) is 4.79 Å². The van der Waals surface area contributed by atoms with Crippen LogP contribution in [0.2, 0.25) is 0 Å². The second kappa shape index (κ2) is 3.73. The molecule has 0 fully saturated rings. The molecular weight excluding hydrogens is 228 g/mol. The summed E-state index contributed by atoms with van der Waals surface area (Å²) in [4.78, 5) is 12.1. The Morgan fingerprint density at radius 3 is 2.78 bits per heavy atom. The Hall–Kier alpha value is -2.03. The van der Waals surface area contributed by atoms with E-state index in [1.54, 1.807) is 18.2 Å². The van der Waals surface area contributed by atoms with Gasteiger partial charge in [-0.1, -0.05) is 19.1 Å². The number of ketones is 1. The van der Waals surface area contributed by atoms with Gasteiger partial charge in [-0.05, 0) is 30.5 Å². The van der Waals surface area contributed by atoms with Gasteiger partial charge in [0.05, 0.1) is 5.56 Å². The van der Waals surface area contributed by atoms with Crippen molar-refractivity contribution in [2.45, 2.75) is 19.8 Å². The lowest BCUT2D eigenvalue weighted by Gasteiger charge is -2.22. The number of phenols is 2. The molecule has 0 saturated carbocycles. The number of fused-ring (bicyclic) bond motifs is 2. The lowest BCUT2D eigenvalue weighted by atomic mass is 9.82. The number of phenolic OH excluding ortho intramolecular Hbond substituents is 2. The van der Waals surface area contributed by atoms with Crippen molar-refractivity contribution in [3.8, 4) is 11.5 Å². The molecule has 0 heterocycles. The number of hydrogen-bond acceptors (Lipinski definition) is 3. The molecule has 3 rings (SSSR count). The van der Waals surface area contributed by atoms with Crippen molar-refractivity contribution < 1.29 is 15.0 Å². The molecule has 0 radical (unpaired) electrons. The average molecular weight is 242 g/mol. The third kappa shape index (κ3) is 1.40. The monoisotopic (exact) mass is 242 g/mol. The van der Waals surface area contributed by atoms with Crippen LogP contribution in [0.15, 0.2) is 24.3 Å². The fourth-order valence-corrected chi connectivity index (χ4v) is 2.67. The molecule has 0 spiro atoms. The Morgan fingerprint density at radius 1 is 1.22 bits per heavy atom. The van der Waals surface area contributed by atoms with Gasteiger partial charge >= 0.3 is 0 Å². The lowest BCUT2D eigenvalue weighted by molar-refractivity contribution is 0.0911. The third-order valence-electron chi connectivity index (χ3n) is 3.76. The van der Waals surface area contributed by atoms with Crippen molar-refractivity contribution in [3.63, 3.8) is 0 Å². The van der Waals surface area contributed by atoms with Gasteiger partial charge < -0.3 is 10.2 Å². The van der Waals surface area contributed by atoms with Crippen molar-refractivity contribution in [2.24, 2.45) is 5.92 Å². The summed E-state index contributed by atoms with van der Waals surface area (Å²) >= 11 is 0. The predicted octanol–water partition coefficient (Wildman–Crippen LogP) is 3.02. The van der Waals surface area contributed by atoms with E-state index in [0.29, 0.717) is 16.3 Å². The highest BCUT2D eigenvalue weighted by molar-refractivity contribution is 6.08. The van der Waals surface area contributed by atoms with E-state index in [1.165, 1.54) is 0 Å². The first-order chi connectivity index (χ1) is 8.59. The number of rotatable bonds is 0. The van der Waals surface area contributed by atoms with Crippen LogP contribution in [-0.2, 0) is 6.42 Å². The number of aryl methyl sites for hydroxylation is 1. The van der Waals surface area contributed by atoms with Crippen LogP contribution < -0.4 is 0 Å². The minimum absolute atomic E-state index is 0.000933. The van der Waals surface area contributed by atoms with Gasteiger partial charge in [0, 0.05) is 16.7 Å². The van der Waals surface area contributed by atoms with Gasteiger partial charge in [0.1, 0.15) is 11.5 Å². The molecule has 0 aliphatic heterocycles. The Labute approximate surface area is 105 Å². The number of aromatic hydroxyl groups is 2. The second-order valence-electron chi connectivity index (χ2n) is 4.94. The zero-order chi connectivity index (χ0) is 12.9. The number of Topliss-reactive ketones (excluding diaryl/α,β-unsaturated/α-hetero) is 1. The van der Waals surface area contributed by atoms with Crippen molar-refractivity contribution in [2.75, 3.05) is 0 Å². The molecule has 0 bridgehead atoms. The van der Waals surface area contributed by atoms with E-state index >= 15 is 0 Å². The Morgan fingerprint density at radius 2 is 2.00 bits per heavy atom. The number of carbonyl (C=O) groups is 1. The number of carbonyl (C=O) groups excluding carboxylic acids is 1. The van der Waals surface area contributed by atoms with E-state index in [9.17, 15) is 15.0 Å². The van der Waals surface area contributed by atoms with E-state index in [2.05, 4.69) is 0 Å². The summed E-state index contributed by atoms with van der Waals surface area (Å²) in [6.07, 6.45) is 1.56. The van der Waals surface area contributed by atoms with E-state index in [0.717, 1.165) is 18.4 Å². The second-order valence-corrected chi connectivity index (χ2v) is 4.94. The number of benzene rings is 2. The maximum absolute atomic E-state index is 12.1. The molecule has 0 saturated heterocycles. The topological polar surface area (TPSA) is 57.5 Å². The van der Waals surface area contributed by atoms with Gasteiger partial charge in [-0.25, -0.2) is 0 Å². The molecule has 1 aliphatic rings. The van der Waals surface area contributed by atoms with Crippen LogP contribution in [0.25, 0.3) is 10.8 Å². The summed E-state index contributed by atoms with van der Waals surface area (Å²) in [5.41, 5.74) is 1.27. The highest BCUT2D eigenvalue weighted by Crippen LogP contribution is 2.40. The molecule has 2 aromatic carbocycles.